The summed E-state index contributed by atoms with van der Waals surface area (Å²) in [6, 6.07) is 13.9. The minimum Gasteiger partial charge on any atom is -0.383 e. The number of anilines is 2. The van der Waals surface area contributed by atoms with Crippen LogP contribution in [0.1, 0.15) is 30.7 Å². The summed E-state index contributed by atoms with van der Waals surface area (Å²) in [6.45, 7) is 4.85. The van der Waals surface area contributed by atoms with Crippen molar-refractivity contribution >= 4 is 61.5 Å². The molecule has 2 aromatic carbocycles. The number of nitrogen functional groups attached to an aromatic ring is 1. The van der Waals surface area contributed by atoms with E-state index in [4.69, 9.17) is 15.5 Å². The zero-order chi connectivity index (χ0) is 22.3. The fourth-order valence-electron chi connectivity index (χ4n) is 4.02. The highest BCUT2D eigenvalue weighted by Gasteiger charge is 2.33. The molecular formula is C24H24N4O2S2. The molecule has 3 N–H and O–H groups in total. The number of nitrogens with two attached hydrogens (primary N) is 1. The third kappa shape index (κ3) is 3.94. The normalized spacial score (nSPS) is 18.1. The number of thioether (sulfide) groups is 1. The van der Waals surface area contributed by atoms with Crippen molar-refractivity contribution in [2.24, 2.45) is 0 Å². The average Bonchev–Trinajstić information content (AvgIpc) is 3.16. The lowest BCUT2D eigenvalue weighted by Crippen LogP contribution is -2.33. The Morgan fingerprint density at radius 1 is 1.25 bits per heavy atom. The van der Waals surface area contributed by atoms with Gasteiger partial charge in [0.2, 0.25) is 5.91 Å². The molecular weight excluding hydrogens is 440 g/mol. The Hall–Kier alpha value is -2.68. The lowest BCUT2D eigenvalue weighted by atomic mass is 9.90. The number of amides is 1. The van der Waals surface area contributed by atoms with Crippen molar-refractivity contribution < 1.29 is 9.53 Å². The molecule has 32 heavy (non-hydrogen) atoms. The van der Waals surface area contributed by atoms with E-state index >= 15 is 0 Å². The molecule has 1 aliphatic heterocycles. The second-order valence-electron chi connectivity index (χ2n) is 8.21. The molecule has 0 fully saturated rings. The molecule has 0 bridgehead atoms. The van der Waals surface area contributed by atoms with Crippen molar-refractivity contribution in [3.8, 4) is 0 Å². The van der Waals surface area contributed by atoms with E-state index in [2.05, 4.69) is 24.1 Å². The maximum Gasteiger partial charge on any atom is 0.234 e. The molecule has 8 heteroatoms. The van der Waals surface area contributed by atoms with E-state index in [9.17, 15) is 4.79 Å². The summed E-state index contributed by atoms with van der Waals surface area (Å²) in [5.74, 6) is 0.576. The summed E-state index contributed by atoms with van der Waals surface area (Å²) in [5.41, 5.74) is 8.18. The van der Waals surface area contributed by atoms with Crippen molar-refractivity contribution in [1.29, 1.82) is 0 Å². The maximum atomic E-state index is 12.6. The molecule has 164 valence electrons. The summed E-state index contributed by atoms with van der Waals surface area (Å²) >= 11 is 2.90. The molecule has 0 radical (unpaired) electrons. The van der Waals surface area contributed by atoms with Gasteiger partial charge in [-0.3, -0.25) is 4.79 Å². The Labute approximate surface area is 194 Å². The van der Waals surface area contributed by atoms with E-state index in [0.717, 1.165) is 39.5 Å². The molecule has 0 saturated heterocycles. The highest BCUT2D eigenvalue weighted by atomic mass is 32.2. The minimum atomic E-state index is -0.180. The molecule has 0 aliphatic carbocycles. The van der Waals surface area contributed by atoms with Crippen LogP contribution in [-0.4, -0.2) is 27.2 Å². The molecule has 4 aromatic rings. The Bertz CT molecular complexity index is 1330. The van der Waals surface area contributed by atoms with E-state index in [-0.39, 0.29) is 17.3 Å². The minimum absolute atomic E-state index is 0.105. The zero-order valence-electron chi connectivity index (χ0n) is 18.0. The van der Waals surface area contributed by atoms with Gasteiger partial charge < -0.3 is 15.8 Å². The van der Waals surface area contributed by atoms with Gasteiger partial charge in [-0.2, -0.15) is 0 Å². The van der Waals surface area contributed by atoms with E-state index < -0.39 is 0 Å². The predicted octanol–water partition coefficient (Wildman–Crippen LogP) is 5.40. The summed E-state index contributed by atoms with van der Waals surface area (Å²) in [4.78, 5) is 23.8. The van der Waals surface area contributed by atoms with Crippen LogP contribution in [0.2, 0.25) is 0 Å². The van der Waals surface area contributed by atoms with Crippen LogP contribution in [0.15, 0.2) is 47.6 Å². The van der Waals surface area contributed by atoms with Crippen LogP contribution in [0.3, 0.4) is 0 Å². The highest BCUT2D eigenvalue weighted by molar-refractivity contribution is 7.99. The van der Waals surface area contributed by atoms with Gasteiger partial charge in [-0.25, -0.2) is 9.97 Å². The molecule has 5 rings (SSSR count). The van der Waals surface area contributed by atoms with Crippen molar-refractivity contribution in [3.63, 3.8) is 0 Å². The fourth-order valence-corrected chi connectivity index (χ4v) is 5.84. The number of thiophene rings is 1. The smallest absolute Gasteiger partial charge is 0.234 e. The van der Waals surface area contributed by atoms with Crippen molar-refractivity contribution in [2.75, 3.05) is 16.8 Å². The third-order valence-corrected chi connectivity index (χ3v) is 7.93. The van der Waals surface area contributed by atoms with Gasteiger partial charge in [0.1, 0.15) is 10.6 Å². The maximum absolute atomic E-state index is 12.6. The first-order chi connectivity index (χ1) is 15.5. The fraction of sp³-hybridized carbons (Fsp3) is 0.292. The molecule has 1 unspecified atom stereocenters. The van der Waals surface area contributed by atoms with Crippen LogP contribution >= 0.6 is 23.1 Å². The number of ether oxygens (including phenoxy) is 1. The van der Waals surface area contributed by atoms with E-state index in [0.29, 0.717) is 17.6 Å². The number of fused-ring (bicyclic) bond motifs is 4. The van der Waals surface area contributed by atoms with Gasteiger partial charge in [-0.15, -0.1) is 11.3 Å². The average molecular weight is 465 g/mol. The number of benzene rings is 2. The predicted molar refractivity (Wildman–Crippen MR) is 132 cm³/mol. The van der Waals surface area contributed by atoms with Crippen LogP contribution in [0, 0.1) is 0 Å². The first-order valence-electron chi connectivity index (χ1n) is 10.6. The topological polar surface area (TPSA) is 90.1 Å². The number of nitrogens with zero attached hydrogens (tertiary/aromatic N) is 2. The molecule has 3 heterocycles. The standard InChI is InChI=1S/C24H24N4O2S2/c1-3-24(2)11-16-18(12-30-24)32-22-20(16)21(25)27-23(28-22)31-13-19(29)26-17-10-6-8-14-7-4-5-9-15(14)17/h4-10H,3,11-13H2,1-2H3,(H,26,29)(H2,25,27,28). The van der Waals surface area contributed by atoms with Crippen molar-refractivity contribution in [3.05, 3.63) is 52.9 Å². The summed E-state index contributed by atoms with van der Waals surface area (Å²) < 4.78 is 6.07. The van der Waals surface area contributed by atoms with Gasteiger partial charge in [-0.1, -0.05) is 55.1 Å². The molecule has 2 aromatic heterocycles. The Morgan fingerprint density at radius 2 is 2.06 bits per heavy atom. The Balaban J connectivity index is 1.33. The second-order valence-corrected chi connectivity index (χ2v) is 10.2. The van der Waals surface area contributed by atoms with Gasteiger partial charge in [0.05, 0.1) is 23.3 Å². The molecule has 1 amide bonds. The van der Waals surface area contributed by atoms with Crippen LogP contribution in [0.5, 0.6) is 0 Å². The number of aromatic nitrogens is 2. The molecule has 1 atom stereocenters. The number of hydrogen-bond acceptors (Lipinski definition) is 7. The highest BCUT2D eigenvalue weighted by Crippen LogP contribution is 2.41. The quantitative estimate of drug-likeness (QED) is 0.304. The number of carbonyl (C=O) groups excluding carboxylic acids is 1. The van der Waals surface area contributed by atoms with E-state index in [1.807, 2.05) is 42.5 Å². The van der Waals surface area contributed by atoms with Crippen molar-refractivity contribution in [2.45, 2.75) is 44.1 Å². The van der Waals surface area contributed by atoms with E-state index in [1.165, 1.54) is 22.2 Å². The van der Waals surface area contributed by atoms with Crippen LogP contribution in [0.25, 0.3) is 21.0 Å². The molecule has 6 nitrogen and oxygen atoms in total. The van der Waals surface area contributed by atoms with E-state index in [1.54, 1.807) is 11.3 Å². The number of rotatable bonds is 5. The number of hydrogen-bond donors (Lipinski definition) is 2. The first kappa shape index (κ1) is 21.2. The monoisotopic (exact) mass is 464 g/mol. The molecule has 1 aliphatic rings. The number of carbonyl (C=O) groups is 1. The lowest BCUT2D eigenvalue weighted by Gasteiger charge is -2.33. The van der Waals surface area contributed by atoms with Gasteiger partial charge in [-0.05, 0) is 30.4 Å². The Kier molecular flexibility index (Phi) is 5.53. The lowest BCUT2D eigenvalue weighted by molar-refractivity contribution is -0.113. The van der Waals surface area contributed by atoms with Crippen LogP contribution in [-0.2, 0) is 22.6 Å². The first-order valence-corrected chi connectivity index (χ1v) is 12.4. The molecule has 0 saturated carbocycles. The third-order valence-electron chi connectivity index (χ3n) is 5.99. The SMILES string of the molecule is CCC1(C)Cc2c(sc3nc(SCC(=O)Nc4cccc5ccccc45)nc(N)c23)CO1. The van der Waals surface area contributed by atoms with Crippen molar-refractivity contribution in [1.82, 2.24) is 9.97 Å². The van der Waals surface area contributed by atoms with Crippen LogP contribution < -0.4 is 11.1 Å². The van der Waals surface area contributed by atoms with Gasteiger partial charge in [0.15, 0.2) is 5.16 Å². The number of nitrogens with one attached hydrogen (secondary N) is 1. The molecule has 0 spiro atoms. The summed E-state index contributed by atoms with van der Waals surface area (Å²) in [5, 5.41) is 6.56. The second kappa shape index (κ2) is 8.35. The Morgan fingerprint density at radius 3 is 2.91 bits per heavy atom. The van der Waals surface area contributed by atoms with Gasteiger partial charge in [0.25, 0.3) is 0 Å². The van der Waals surface area contributed by atoms with Crippen LogP contribution in [0.4, 0.5) is 11.5 Å². The van der Waals surface area contributed by atoms with Gasteiger partial charge >= 0.3 is 0 Å². The van der Waals surface area contributed by atoms with Gasteiger partial charge in [0, 0.05) is 22.4 Å². The largest absolute Gasteiger partial charge is 0.383 e. The zero-order valence-corrected chi connectivity index (χ0v) is 19.6. The summed E-state index contributed by atoms with van der Waals surface area (Å²) in [6.07, 6.45) is 1.75. The summed E-state index contributed by atoms with van der Waals surface area (Å²) in [7, 11) is 0.